The van der Waals surface area contributed by atoms with Crippen molar-refractivity contribution < 1.29 is 13.0 Å². The van der Waals surface area contributed by atoms with Crippen LogP contribution in [0.15, 0.2) is 41.4 Å². The Hall–Kier alpha value is -2.45. The number of hydrogen-bond acceptors (Lipinski definition) is 5. The zero-order chi connectivity index (χ0) is 15.2. The molecule has 0 aliphatic heterocycles. The topological polar surface area (TPSA) is 111 Å². The SMILES string of the molecule is Cn1c(N)nc2ncc(-c3ccc(S(=O)(=O)O)cc3)cc21. The Bertz CT molecular complexity index is 930. The molecular weight excluding hydrogens is 292 g/mol. The van der Waals surface area contributed by atoms with Gasteiger partial charge in [-0.15, -0.1) is 0 Å². The molecule has 3 N–H and O–H groups in total. The second kappa shape index (κ2) is 4.54. The van der Waals surface area contributed by atoms with Crippen molar-refractivity contribution in [3.63, 3.8) is 0 Å². The molecule has 0 saturated heterocycles. The maximum Gasteiger partial charge on any atom is 0.294 e. The van der Waals surface area contributed by atoms with Crippen LogP contribution < -0.4 is 5.73 Å². The molecule has 0 bridgehead atoms. The van der Waals surface area contributed by atoms with Gasteiger partial charge in [-0.25, -0.2) is 4.98 Å². The summed E-state index contributed by atoms with van der Waals surface area (Å²) < 4.78 is 32.7. The van der Waals surface area contributed by atoms with Crippen molar-refractivity contribution in [2.45, 2.75) is 4.90 Å². The number of hydrogen-bond donors (Lipinski definition) is 2. The van der Waals surface area contributed by atoms with Gasteiger partial charge in [-0.05, 0) is 23.8 Å². The van der Waals surface area contributed by atoms with Crippen LogP contribution in [0.25, 0.3) is 22.3 Å². The molecule has 0 aliphatic carbocycles. The van der Waals surface area contributed by atoms with E-state index >= 15 is 0 Å². The third kappa shape index (κ3) is 2.34. The summed E-state index contributed by atoms with van der Waals surface area (Å²) in [6.45, 7) is 0. The third-order valence-electron chi connectivity index (χ3n) is 3.26. The van der Waals surface area contributed by atoms with Crippen LogP contribution in [0.5, 0.6) is 0 Å². The summed E-state index contributed by atoms with van der Waals surface area (Å²) in [6, 6.07) is 7.75. The molecule has 0 unspecified atom stereocenters. The van der Waals surface area contributed by atoms with Crippen LogP contribution in [-0.2, 0) is 17.2 Å². The average Bonchev–Trinajstić information content (AvgIpc) is 2.73. The van der Waals surface area contributed by atoms with Gasteiger partial charge in [0.05, 0.1) is 10.4 Å². The fourth-order valence-electron chi connectivity index (χ4n) is 2.06. The van der Waals surface area contributed by atoms with Crippen molar-refractivity contribution in [1.29, 1.82) is 0 Å². The second-order valence-electron chi connectivity index (χ2n) is 4.60. The van der Waals surface area contributed by atoms with Crippen LogP contribution in [0.3, 0.4) is 0 Å². The highest BCUT2D eigenvalue weighted by Crippen LogP contribution is 2.24. The molecule has 108 valence electrons. The van der Waals surface area contributed by atoms with Crippen molar-refractivity contribution in [2.75, 3.05) is 5.73 Å². The first-order valence-electron chi connectivity index (χ1n) is 6.02. The Labute approximate surface area is 120 Å². The minimum absolute atomic E-state index is 0.148. The number of rotatable bonds is 2. The predicted molar refractivity (Wildman–Crippen MR) is 78.2 cm³/mol. The van der Waals surface area contributed by atoms with E-state index in [0.29, 0.717) is 11.6 Å². The van der Waals surface area contributed by atoms with Gasteiger partial charge in [0.1, 0.15) is 0 Å². The van der Waals surface area contributed by atoms with E-state index in [1.807, 2.05) is 6.07 Å². The number of aromatic nitrogens is 3. The van der Waals surface area contributed by atoms with Gasteiger partial charge in [0.15, 0.2) is 5.65 Å². The lowest BCUT2D eigenvalue weighted by molar-refractivity contribution is 0.483. The Balaban J connectivity index is 2.10. The smallest absolute Gasteiger partial charge is 0.294 e. The molecule has 3 aromatic rings. The van der Waals surface area contributed by atoms with E-state index in [9.17, 15) is 8.42 Å². The standard InChI is InChI=1S/C13H12N4O3S/c1-17-11-6-9(7-15-12(11)16-13(17)14)8-2-4-10(5-3-8)21(18,19)20/h2-7H,1H3,(H2,14,15,16)(H,18,19,20). The van der Waals surface area contributed by atoms with Crippen molar-refractivity contribution in [2.24, 2.45) is 7.05 Å². The van der Waals surface area contributed by atoms with Gasteiger partial charge in [-0.3, -0.25) is 4.55 Å². The summed E-state index contributed by atoms with van der Waals surface area (Å²) in [5.74, 6) is 0.372. The second-order valence-corrected chi connectivity index (χ2v) is 6.02. The maximum absolute atomic E-state index is 11.0. The largest absolute Gasteiger partial charge is 0.369 e. The number of nitrogens with two attached hydrogens (primary N) is 1. The number of imidazole rings is 1. The Morgan fingerprint density at radius 3 is 2.48 bits per heavy atom. The number of nitrogens with zero attached hydrogens (tertiary/aromatic N) is 3. The molecule has 0 atom stereocenters. The van der Waals surface area contributed by atoms with Gasteiger partial charge in [-0.2, -0.15) is 13.4 Å². The third-order valence-corrected chi connectivity index (χ3v) is 4.13. The van der Waals surface area contributed by atoms with Crippen LogP contribution in [0.2, 0.25) is 0 Å². The highest BCUT2D eigenvalue weighted by molar-refractivity contribution is 7.85. The lowest BCUT2D eigenvalue weighted by Gasteiger charge is -2.03. The molecule has 21 heavy (non-hydrogen) atoms. The average molecular weight is 304 g/mol. The van der Waals surface area contributed by atoms with E-state index in [2.05, 4.69) is 9.97 Å². The normalized spacial score (nSPS) is 11.9. The molecule has 0 fully saturated rings. The van der Waals surface area contributed by atoms with Crippen molar-refractivity contribution in [3.8, 4) is 11.1 Å². The van der Waals surface area contributed by atoms with E-state index in [1.165, 1.54) is 12.1 Å². The van der Waals surface area contributed by atoms with Crippen molar-refractivity contribution in [3.05, 3.63) is 36.5 Å². The molecule has 0 radical (unpaired) electrons. The van der Waals surface area contributed by atoms with Crippen LogP contribution >= 0.6 is 0 Å². The van der Waals surface area contributed by atoms with E-state index in [4.69, 9.17) is 10.3 Å². The zero-order valence-electron chi connectivity index (χ0n) is 11.1. The quantitative estimate of drug-likeness (QED) is 0.693. The number of fused-ring (bicyclic) bond motifs is 1. The summed E-state index contributed by atoms with van der Waals surface area (Å²) in [7, 11) is -2.40. The Morgan fingerprint density at radius 2 is 1.86 bits per heavy atom. The molecular formula is C13H12N4O3S. The van der Waals surface area contributed by atoms with E-state index in [-0.39, 0.29) is 4.90 Å². The molecule has 3 rings (SSSR count). The van der Waals surface area contributed by atoms with Gasteiger partial charge in [0.2, 0.25) is 5.95 Å². The van der Waals surface area contributed by atoms with E-state index < -0.39 is 10.1 Å². The molecule has 2 heterocycles. The summed E-state index contributed by atoms with van der Waals surface area (Å²) in [5.41, 5.74) is 8.63. The summed E-state index contributed by atoms with van der Waals surface area (Å²) in [5, 5.41) is 0. The molecule has 8 heteroatoms. The molecule has 0 spiro atoms. The van der Waals surface area contributed by atoms with E-state index in [1.54, 1.807) is 29.9 Å². The van der Waals surface area contributed by atoms with Gasteiger partial charge in [0.25, 0.3) is 10.1 Å². The van der Waals surface area contributed by atoms with E-state index in [0.717, 1.165) is 16.6 Å². The van der Waals surface area contributed by atoms with Crippen molar-refractivity contribution in [1.82, 2.24) is 14.5 Å². The number of anilines is 1. The Kier molecular flexibility index (Phi) is 2.92. The first kappa shape index (κ1) is 13.5. The zero-order valence-corrected chi connectivity index (χ0v) is 11.9. The number of nitrogen functional groups attached to an aromatic ring is 1. The van der Waals surface area contributed by atoms with Crippen LogP contribution in [-0.4, -0.2) is 27.5 Å². The summed E-state index contributed by atoms with van der Waals surface area (Å²) >= 11 is 0. The highest BCUT2D eigenvalue weighted by atomic mass is 32.2. The molecule has 0 saturated carbocycles. The number of aryl methyl sites for hydroxylation is 1. The first-order valence-corrected chi connectivity index (χ1v) is 7.46. The first-order chi connectivity index (χ1) is 9.86. The van der Waals surface area contributed by atoms with Gasteiger partial charge < -0.3 is 10.3 Å². The fourth-order valence-corrected chi connectivity index (χ4v) is 2.54. The van der Waals surface area contributed by atoms with Crippen LogP contribution in [0, 0.1) is 0 Å². The van der Waals surface area contributed by atoms with Crippen molar-refractivity contribution >= 4 is 27.2 Å². The lowest BCUT2D eigenvalue weighted by Crippen LogP contribution is -1.97. The number of pyridine rings is 1. The molecule has 1 aromatic carbocycles. The van der Waals surface area contributed by atoms with Gasteiger partial charge in [-0.1, -0.05) is 12.1 Å². The molecule has 0 aliphatic rings. The predicted octanol–water partition coefficient (Wildman–Crippen LogP) is 1.46. The van der Waals surface area contributed by atoms with Gasteiger partial charge >= 0.3 is 0 Å². The maximum atomic E-state index is 11.0. The van der Waals surface area contributed by atoms with Crippen LogP contribution in [0.1, 0.15) is 0 Å². The molecule has 0 amide bonds. The van der Waals surface area contributed by atoms with Crippen LogP contribution in [0.4, 0.5) is 5.95 Å². The minimum Gasteiger partial charge on any atom is -0.369 e. The monoisotopic (exact) mass is 304 g/mol. The minimum atomic E-state index is -4.19. The Morgan fingerprint density at radius 1 is 1.19 bits per heavy atom. The summed E-state index contributed by atoms with van der Waals surface area (Å²) in [6.07, 6.45) is 1.64. The highest BCUT2D eigenvalue weighted by Gasteiger charge is 2.11. The number of benzene rings is 1. The summed E-state index contributed by atoms with van der Waals surface area (Å²) in [4.78, 5) is 8.19. The lowest BCUT2D eigenvalue weighted by atomic mass is 10.1. The molecule has 2 aromatic heterocycles. The van der Waals surface area contributed by atoms with Gasteiger partial charge in [0, 0.05) is 18.8 Å². The molecule has 7 nitrogen and oxygen atoms in total. The fraction of sp³-hybridized carbons (Fsp3) is 0.0769.